The normalized spacial score (nSPS) is 15.6. The highest BCUT2D eigenvalue weighted by Gasteiger charge is 2.16. The van der Waals surface area contributed by atoms with Gasteiger partial charge >= 0.3 is 0 Å². The number of anilines is 1. The van der Waals surface area contributed by atoms with Crippen LogP contribution in [-0.4, -0.2) is 22.6 Å². The van der Waals surface area contributed by atoms with Crippen molar-refractivity contribution >= 4 is 5.95 Å². The van der Waals surface area contributed by atoms with Crippen molar-refractivity contribution in [2.45, 2.75) is 52.6 Å². The first-order valence-electron chi connectivity index (χ1n) is 6.89. The van der Waals surface area contributed by atoms with Crippen LogP contribution in [0.4, 0.5) is 5.95 Å². The Bertz CT molecular complexity index is 389. The monoisotopic (exact) mass is 249 g/mol. The van der Waals surface area contributed by atoms with Crippen molar-refractivity contribution in [3.8, 4) is 5.88 Å². The van der Waals surface area contributed by atoms with E-state index in [1.807, 2.05) is 26.8 Å². The minimum atomic E-state index is 0.141. The smallest absolute Gasteiger partial charge is 0.226 e. The van der Waals surface area contributed by atoms with E-state index < -0.39 is 0 Å². The lowest BCUT2D eigenvalue weighted by Gasteiger charge is -2.25. The molecular weight excluding hydrogens is 226 g/mol. The van der Waals surface area contributed by atoms with E-state index in [2.05, 4.69) is 15.3 Å². The zero-order valence-corrected chi connectivity index (χ0v) is 11.6. The van der Waals surface area contributed by atoms with E-state index >= 15 is 0 Å². The summed E-state index contributed by atoms with van der Waals surface area (Å²) < 4.78 is 5.60. The van der Waals surface area contributed by atoms with Gasteiger partial charge in [0.2, 0.25) is 11.8 Å². The summed E-state index contributed by atoms with van der Waals surface area (Å²) in [6.45, 7) is 6.92. The van der Waals surface area contributed by atoms with Crippen LogP contribution >= 0.6 is 0 Å². The molecule has 0 aliphatic heterocycles. The highest BCUT2D eigenvalue weighted by atomic mass is 16.5. The molecule has 18 heavy (non-hydrogen) atoms. The predicted octanol–water partition coefficient (Wildman–Crippen LogP) is 3.17. The number of nitrogens with one attached hydrogen (secondary N) is 1. The van der Waals surface area contributed by atoms with Gasteiger partial charge in [0.05, 0.1) is 6.10 Å². The number of hydrogen-bond donors (Lipinski definition) is 1. The Morgan fingerprint density at radius 1 is 1.39 bits per heavy atom. The van der Waals surface area contributed by atoms with E-state index in [0.29, 0.717) is 11.8 Å². The molecule has 1 aromatic heterocycles. The lowest BCUT2D eigenvalue weighted by atomic mass is 9.83. The van der Waals surface area contributed by atoms with Gasteiger partial charge in [-0.05, 0) is 33.1 Å². The highest BCUT2D eigenvalue weighted by Crippen LogP contribution is 2.29. The van der Waals surface area contributed by atoms with Gasteiger partial charge < -0.3 is 10.1 Å². The third-order valence-electron chi connectivity index (χ3n) is 3.25. The van der Waals surface area contributed by atoms with E-state index in [1.165, 1.54) is 25.7 Å². The zero-order valence-electron chi connectivity index (χ0n) is 11.6. The number of aromatic nitrogens is 2. The van der Waals surface area contributed by atoms with Crippen LogP contribution in [0, 0.1) is 12.8 Å². The summed E-state index contributed by atoms with van der Waals surface area (Å²) in [5.74, 6) is 2.25. The summed E-state index contributed by atoms with van der Waals surface area (Å²) in [7, 11) is 0. The minimum Gasteiger partial charge on any atom is -0.475 e. The molecule has 100 valence electrons. The molecular formula is C14H23N3O. The first-order chi connectivity index (χ1) is 8.63. The molecule has 0 bridgehead atoms. The molecule has 1 fully saturated rings. The van der Waals surface area contributed by atoms with Gasteiger partial charge in [0.1, 0.15) is 0 Å². The van der Waals surface area contributed by atoms with Crippen LogP contribution in [0.15, 0.2) is 6.07 Å². The number of rotatable bonds is 6. The molecule has 2 rings (SSSR count). The fraction of sp³-hybridized carbons (Fsp3) is 0.714. The van der Waals surface area contributed by atoms with E-state index in [9.17, 15) is 0 Å². The maximum absolute atomic E-state index is 5.60. The van der Waals surface area contributed by atoms with E-state index in [-0.39, 0.29) is 6.10 Å². The molecule has 0 unspecified atom stereocenters. The molecule has 4 nitrogen and oxygen atoms in total. The molecule has 1 saturated carbocycles. The first-order valence-corrected chi connectivity index (χ1v) is 6.89. The molecule has 0 atom stereocenters. The van der Waals surface area contributed by atoms with Crippen LogP contribution in [0.5, 0.6) is 5.88 Å². The quantitative estimate of drug-likeness (QED) is 0.841. The van der Waals surface area contributed by atoms with Crippen LogP contribution in [0.25, 0.3) is 0 Å². The van der Waals surface area contributed by atoms with Crippen molar-refractivity contribution in [2.75, 3.05) is 11.9 Å². The second-order valence-corrected chi connectivity index (χ2v) is 5.35. The summed E-state index contributed by atoms with van der Waals surface area (Å²) in [5.41, 5.74) is 0.937. The second-order valence-electron chi connectivity index (χ2n) is 5.35. The van der Waals surface area contributed by atoms with Gasteiger partial charge in [-0.25, -0.2) is 4.98 Å². The van der Waals surface area contributed by atoms with Crippen LogP contribution in [-0.2, 0) is 0 Å². The standard InChI is InChI=1S/C14H23N3O/c1-10(2)18-13-9-11(3)16-14(17-13)15-8-7-12-5-4-6-12/h9-10,12H,4-8H2,1-3H3,(H,15,16,17). The maximum Gasteiger partial charge on any atom is 0.226 e. The molecule has 1 heterocycles. The van der Waals surface area contributed by atoms with Gasteiger partial charge in [-0.1, -0.05) is 19.3 Å². The molecule has 0 amide bonds. The van der Waals surface area contributed by atoms with Gasteiger partial charge in [0.15, 0.2) is 0 Å². The van der Waals surface area contributed by atoms with E-state index in [0.717, 1.165) is 18.2 Å². The number of aryl methyl sites for hydroxylation is 1. The van der Waals surface area contributed by atoms with Crippen LogP contribution in [0.1, 0.15) is 45.2 Å². The van der Waals surface area contributed by atoms with Gasteiger partial charge in [-0.2, -0.15) is 4.98 Å². The predicted molar refractivity (Wildman–Crippen MR) is 73.0 cm³/mol. The van der Waals surface area contributed by atoms with Crippen LogP contribution < -0.4 is 10.1 Å². The Kier molecular flexibility index (Phi) is 4.39. The molecule has 0 saturated heterocycles. The van der Waals surface area contributed by atoms with Crippen molar-refractivity contribution in [3.05, 3.63) is 11.8 Å². The van der Waals surface area contributed by atoms with Crippen LogP contribution in [0.3, 0.4) is 0 Å². The number of nitrogens with zero attached hydrogens (tertiary/aromatic N) is 2. The summed E-state index contributed by atoms with van der Waals surface area (Å²) in [5, 5.41) is 3.30. The Morgan fingerprint density at radius 2 is 2.17 bits per heavy atom. The average Bonchev–Trinajstić information content (AvgIpc) is 2.19. The Hall–Kier alpha value is -1.32. The fourth-order valence-corrected chi connectivity index (χ4v) is 2.09. The molecule has 1 aliphatic carbocycles. The lowest BCUT2D eigenvalue weighted by molar-refractivity contribution is 0.232. The molecule has 0 spiro atoms. The molecule has 0 aromatic carbocycles. The largest absolute Gasteiger partial charge is 0.475 e. The van der Waals surface area contributed by atoms with E-state index in [4.69, 9.17) is 4.74 Å². The number of hydrogen-bond acceptors (Lipinski definition) is 4. The third-order valence-corrected chi connectivity index (χ3v) is 3.25. The van der Waals surface area contributed by atoms with Crippen molar-refractivity contribution < 1.29 is 4.74 Å². The Labute approximate surface area is 109 Å². The summed E-state index contributed by atoms with van der Waals surface area (Å²) in [4.78, 5) is 8.75. The maximum atomic E-state index is 5.60. The number of ether oxygens (including phenoxy) is 1. The molecule has 1 aromatic rings. The summed E-state index contributed by atoms with van der Waals surface area (Å²) in [6, 6.07) is 1.87. The topological polar surface area (TPSA) is 47.0 Å². The van der Waals surface area contributed by atoms with Gasteiger partial charge in [0, 0.05) is 18.3 Å². The van der Waals surface area contributed by atoms with Crippen molar-refractivity contribution in [3.63, 3.8) is 0 Å². The van der Waals surface area contributed by atoms with Gasteiger partial charge in [-0.15, -0.1) is 0 Å². The zero-order chi connectivity index (χ0) is 13.0. The second kappa shape index (κ2) is 6.03. The summed E-state index contributed by atoms with van der Waals surface area (Å²) >= 11 is 0. The average molecular weight is 249 g/mol. The van der Waals surface area contributed by atoms with Crippen molar-refractivity contribution in [2.24, 2.45) is 5.92 Å². The Balaban J connectivity index is 1.87. The van der Waals surface area contributed by atoms with Crippen molar-refractivity contribution in [1.82, 2.24) is 9.97 Å². The SMILES string of the molecule is Cc1cc(OC(C)C)nc(NCCC2CCC2)n1. The third kappa shape index (κ3) is 3.86. The van der Waals surface area contributed by atoms with E-state index in [1.54, 1.807) is 0 Å². The van der Waals surface area contributed by atoms with Gasteiger partial charge in [0.25, 0.3) is 0 Å². The molecule has 1 N–H and O–H groups in total. The van der Waals surface area contributed by atoms with Gasteiger partial charge in [-0.3, -0.25) is 0 Å². The highest BCUT2D eigenvalue weighted by molar-refractivity contribution is 5.30. The molecule has 1 aliphatic rings. The summed E-state index contributed by atoms with van der Waals surface area (Å²) in [6.07, 6.45) is 5.54. The van der Waals surface area contributed by atoms with Crippen LogP contribution in [0.2, 0.25) is 0 Å². The minimum absolute atomic E-state index is 0.141. The molecule has 0 radical (unpaired) electrons. The van der Waals surface area contributed by atoms with Crippen molar-refractivity contribution in [1.29, 1.82) is 0 Å². The lowest BCUT2D eigenvalue weighted by Crippen LogP contribution is -2.17. The Morgan fingerprint density at radius 3 is 2.78 bits per heavy atom. The molecule has 4 heteroatoms. The fourth-order valence-electron chi connectivity index (χ4n) is 2.09. The first kappa shape index (κ1) is 13.1.